The Kier molecular flexibility index (Phi) is 5.18. The lowest BCUT2D eigenvalue weighted by Crippen LogP contribution is -2.31. The summed E-state index contributed by atoms with van der Waals surface area (Å²) in [4.78, 5) is 27.6. The second kappa shape index (κ2) is 8.19. The highest BCUT2D eigenvalue weighted by atomic mass is 19.4. The highest BCUT2D eigenvalue weighted by Gasteiger charge is 2.44. The van der Waals surface area contributed by atoms with Crippen molar-refractivity contribution in [2.24, 2.45) is 11.1 Å². The highest BCUT2D eigenvalue weighted by Crippen LogP contribution is 2.42. The number of hydrogen-bond acceptors (Lipinski definition) is 6. The van der Waals surface area contributed by atoms with E-state index in [0.717, 1.165) is 66.7 Å². The Morgan fingerprint density at radius 1 is 1.14 bits per heavy atom. The molecule has 2 aliphatic rings. The minimum absolute atomic E-state index is 0.106. The van der Waals surface area contributed by atoms with Crippen LogP contribution in [0.1, 0.15) is 28.9 Å². The van der Waals surface area contributed by atoms with E-state index in [1.54, 1.807) is 6.07 Å². The zero-order chi connectivity index (χ0) is 25.1. The lowest BCUT2D eigenvalue weighted by molar-refractivity contribution is -0.142. The lowest BCUT2D eigenvalue weighted by atomic mass is 9.86. The molecule has 0 radical (unpaired) electrons. The van der Waals surface area contributed by atoms with Gasteiger partial charge in [-0.2, -0.15) is 18.3 Å². The molecule has 2 saturated heterocycles. The molecule has 2 fully saturated rings. The number of aromatic amines is 1. The summed E-state index contributed by atoms with van der Waals surface area (Å²) < 4.78 is 39.4. The van der Waals surface area contributed by atoms with Crippen LogP contribution < -0.4 is 10.6 Å². The number of aromatic nitrogens is 5. The van der Waals surface area contributed by atoms with Gasteiger partial charge in [0.15, 0.2) is 5.65 Å². The van der Waals surface area contributed by atoms with E-state index in [1.807, 2.05) is 6.07 Å². The van der Waals surface area contributed by atoms with Crippen molar-refractivity contribution in [2.75, 3.05) is 31.1 Å². The van der Waals surface area contributed by atoms with Crippen LogP contribution in [0.25, 0.3) is 21.9 Å². The van der Waals surface area contributed by atoms with Crippen LogP contribution in [0.4, 0.5) is 19.0 Å². The molecule has 1 unspecified atom stereocenters. The average Bonchev–Trinajstić information content (AvgIpc) is 3.58. The maximum Gasteiger partial charge on any atom is 0.408 e. The Hall–Kier alpha value is -3.67. The zero-order valence-corrected chi connectivity index (χ0v) is 19.4. The van der Waals surface area contributed by atoms with Crippen LogP contribution in [0.5, 0.6) is 0 Å². The number of primary amides is 1. The van der Waals surface area contributed by atoms with Gasteiger partial charge in [-0.15, -0.1) is 0 Å². The third-order valence-corrected chi connectivity index (χ3v) is 7.30. The number of likely N-dealkylation sites (tertiary alicyclic amines) is 1. The van der Waals surface area contributed by atoms with Crippen LogP contribution >= 0.6 is 0 Å². The number of nitrogens with zero attached hydrogens (tertiary/aromatic N) is 6. The van der Waals surface area contributed by atoms with Gasteiger partial charge in [-0.25, -0.2) is 9.97 Å². The van der Waals surface area contributed by atoms with E-state index in [1.165, 1.54) is 12.5 Å². The monoisotopic (exact) mass is 498 g/mol. The van der Waals surface area contributed by atoms with Gasteiger partial charge in [0.25, 0.3) is 5.91 Å². The number of carbonyl (C=O) groups is 1. The van der Waals surface area contributed by atoms with Gasteiger partial charge >= 0.3 is 6.18 Å². The summed E-state index contributed by atoms with van der Waals surface area (Å²) in [7, 11) is 0. The molecule has 1 amide bonds. The van der Waals surface area contributed by atoms with Crippen molar-refractivity contribution in [1.29, 1.82) is 0 Å². The smallest absolute Gasteiger partial charge is 0.364 e. The molecule has 12 heteroatoms. The third-order valence-electron chi connectivity index (χ3n) is 7.30. The molecule has 1 atom stereocenters. The summed E-state index contributed by atoms with van der Waals surface area (Å²) >= 11 is 0. The summed E-state index contributed by atoms with van der Waals surface area (Å²) in [6.07, 6.45) is 0.445. The molecule has 5 heterocycles. The predicted molar refractivity (Wildman–Crippen MR) is 127 cm³/mol. The summed E-state index contributed by atoms with van der Waals surface area (Å²) in [5.41, 5.74) is 8.21. The fourth-order valence-electron chi connectivity index (χ4n) is 5.66. The number of rotatable bonds is 5. The SMILES string of the molecule is NC(=O)c1cc2ccc(CN3CCC4(CCN(c5ncnc6nn(CC(F)(F)F)cc56)C4)C3)cc2[nH]1. The molecule has 1 aromatic carbocycles. The summed E-state index contributed by atoms with van der Waals surface area (Å²) in [6.45, 7) is 3.11. The fourth-order valence-corrected chi connectivity index (χ4v) is 5.66. The van der Waals surface area contributed by atoms with E-state index in [9.17, 15) is 18.0 Å². The first-order chi connectivity index (χ1) is 17.2. The standard InChI is InChI=1S/C24H25F3N8O/c25-24(26,27)13-35-10-17-21(32-35)29-14-30-22(17)34-6-4-23(12-34)3-5-33(11-23)9-15-1-2-16-8-19(20(28)36)31-18(16)7-15/h1-2,7-8,10,14,31H,3-6,9,11-13H2,(H2,28,36). The van der Waals surface area contributed by atoms with E-state index >= 15 is 0 Å². The predicted octanol–water partition coefficient (Wildman–Crippen LogP) is 3.07. The van der Waals surface area contributed by atoms with Crippen LogP contribution in [-0.2, 0) is 13.1 Å². The number of halogens is 3. The van der Waals surface area contributed by atoms with Gasteiger partial charge in [0.1, 0.15) is 24.4 Å². The Labute approximate surface area is 204 Å². The molecule has 9 nitrogen and oxygen atoms in total. The molecule has 2 aliphatic heterocycles. The number of H-pyrrole nitrogens is 1. The van der Waals surface area contributed by atoms with E-state index in [-0.39, 0.29) is 11.1 Å². The number of fused-ring (bicyclic) bond motifs is 2. The summed E-state index contributed by atoms with van der Waals surface area (Å²) in [6, 6.07) is 7.89. The molecule has 3 aromatic heterocycles. The zero-order valence-electron chi connectivity index (χ0n) is 19.4. The normalized spacial score (nSPS) is 20.9. The second-order valence-electron chi connectivity index (χ2n) is 9.98. The maximum atomic E-state index is 12.8. The second-order valence-corrected chi connectivity index (χ2v) is 9.98. The molecule has 1 spiro atoms. The van der Waals surface area contributed by atoms with Gasteiger partial charge in [0.05, 0.1) is 5.39 Å². The number of benzene rings is 1. The van der Waals surface area contributed by atoms with Crippen LogP contribution in [0.2, 0.25) is 0 Å². The van der Waals surface area contributed by atoms with Crippen molar-refractivity contribution in [2.45, 2.75) is 32.1 Å². The minimum atomic E-state index is -4.35. The number of nitrogens with two attached hydrogens (primary N) is 1. The Morgan fingerprint density at radius 2 is 1.97 bits per heavy atom. The van der Waals surface area contributed by atoms with Gasteiger partial charge in [-0.1, -0.05) is 12.1 Å². The van der Waals surface area contributed by atoms with Crippen molar-refractivity contribution in [1.82, 2.24) is 29.6 Å². The van der Waals surface area contributed by atoms with Crippen LogP contribution in [0.3, 0.4) is 0 Å². The third kappa shape index (κ3) is 4.25. The molecular weight excluding hydrogens is 473 g/mol. The molecule has 188 valence electrons. The first kappa shape index (κ1) is 22.8. The van der Waals surface area contributed by atoms with Crippen molar-refractivity contribution in [3.8, 4) is 0 Å². The van der Waals surface area contributed by atoms with Crippen LogP contribution in [-0.4, -0.2) is 67.9 Å². The number of anilines is 1. The molecular formula is C24H25F3N8O. The van der Waals surface area contributed by atoms with Crippen molar-refractivity contribution >= 4 is 33.7 Å². The topological polar surface area (TPSA) is 109 Å². The van der Waals surface area contributed by atoms with E-state index in [4.69, 9.17) is 5.73 Å². The molecule has 0 bridgehead atoms. The number of amides is 1. The first-order valence-electron chi connectivity index (χ1n) is 11.8. The molecule has 0 saturated carbocycles. The Balaban J connectivity index is 1.16. The first-order valence-corrected chi connectivity index (χ1v) is 11.8. The van der Waals surface area contributed by atoms with Crippen molar-refractivity contribution < 1.29 is 18.0 Å². The van der Waals surface area contributed by atoms with Crippen molar-refractivity contribution in [3.63, 3.8) is 0 Å². The minimum Gasteiger partial charge on any atom is -0.364 e. The highest BCUT2D eigenvalue weighted by molar-refractivity contribution is 5.97. The van der Waals surface area contributed by atoms with E-state index in [2.05, 4.69) is 42.0 Å². The number of carbonyl (C=O) groups excluding carboxylic acids is 1. The summed E-state index contributed by atoms with van der Waals surface area (Å²) in [5, 5.41) is 5.49. The van der Waals surface area contributed by atoms with Gasteiger partial charge in [0.2, 0.25) is 0 Å². The van der Waals surface area contributed by atoms with E-state index in [0.29, 0.717) is 16.9 Å². The largest absolute Gasteiger partial charge is 0.408 e. The average molecular weight is 499 g/mol. The van der Waals surface area contributed by atoms with Crippen LogP contribution in [0, 0.1) is 5.41 Å². The number of nitrogens with one attached hydrogen (secondary N) is 1. The van der Waals surface area contributed by atoms with E-state index < -0.39 is 18.6 Å². The maximum absolute atomic E-state index is 12.8. The molecule has 6 rings (SSSR count). The number of hydrogen-bond donors (Lipinski definition) is 2. The van der Waals surface area contributed by atoms with Gasteiger partial charge in [-0.3, -0.25) is 14.4 Å². The Morgan fingerprint density at radius 3 is 2.78 bits per heavy atom. The van der Waals surface area contributed by atoms with Crippen LogP contribution in [0.15, 0.2) is 36.8 Å². The van der Waals surface area contributed by atoms with Gasteiger partial charge < -0.3 is 15.6 Å². The summed E-state index contributed by atoms with van der Waals surface area (Å²) in [5.74, 6) is 0.167. The Bertz CT molecular complexity index is 1460. The molecule has 4 aromatic rings. The molecule has 3 N–H and O–H groups in total. The van der Waals surface area contributed by atoms with Gasteiger partial charge in [0, 0.05) is 48.7 Å². The molecule has 0 aliphatic carbocycles. The fraction of sp³-hybridized carbons (Fsp3) is 0.417. The molecule has 36 heavy (non-hydrogen) atoms. The quantitative estimate of drug-likeness (QED) is 0.438. The van der Waals surface area contributed by atoms with Gasteiger partial charge in [-0.05, 0) is 37.1 Å². The lowest BCUT2D eigenvalue weighted by Gasteiger charge is -2.25. The number of alkyl halides is 3. The van der Waals surface area contributed by atoms with Crippen molar-refractivity contribution in [3.05, 3.63) is 48.0 Å².